The molecule has 0 aliphatic heterocycles. The van der Waals surface area contributed by atoms with E-state index in [-0.39, 0.29) is 0 Å². The third-order valence-electron chi connectivity index (χ3n) is 1.91. The van der Waals surface area contributed by atoms with Gasteiger partial charge in [-0.25, -0.2) is 0 Å². The molecule has 1 rings (SSSR count). The van der Waals surface area contributed by atoms with Gasteiger partial charge in [-0.15, -0.1) is 6.42 Å². The second-order valence-corrected chi connectivity index (χ2v) is 3.58. The number of terminal acetylenes is 1. The lowest BCUT2D eigenvalue weighted by molar-refractivity contribution is 0.315. The third kappa shape index (κ3) is 4.24. The van der Waals surface area contributed by atoms with Crippen LogP contribution in [0.2, 0.25) is 5.02 Å². The maximum atomic E-state index is 5.86. The smallest absolute Gasteiger partial charge is 0.123 e. The quantitative estimate of drug-likeness (QED) is 0.611. The van der Waals surface area contributed by atoms with Crippen LogP contribution in [0.4, 0.5) is 0 Å². The second kappa shape index (κ2) is 6.34. The molecule has 0 radical (unpaired) electrons. The first-order chi connectivity index (χ1) is 7.24. The lowest BCUT2D eigenvalue weighted by Gasteiger charge is -2.09. The van der Waals surface area contributed by atoms with Crippen molar-refractivity contribution in [2.75, 3.05) is 19.7 Å². The maximum Gasteiger partial charge on any atom is 0.123 e. The fourth-order valence-corrected chi connectivity index (χ4v) is 1.29. The molecule has 0 heterocycles. The van der Waals surface area contributed by atoms with Gasteiger partial charge < -0.3 is 10.1 Å². The van der Waals surface area contributed by atoms with Gasteiger partial charge in [-0.1, -0.05) is 23.6 Å². The molecule has 0 unspecified atom stereocenters. The highest BCUT2D eigenvalue weighted by Gasteiger charge is 1.99. The Kier molecular flexibility index (Phi) is 5.03. The molecule has 0 aliphatic rings. The van der Waals surface area contributed by atoms with Crippen LogP contribution in [-0.2, 0) is 0 Å². The largest absolute Gasteiger partial charge is 0.492 e. The number of nitrogens with one attached hydrogen (secondary N) is 1. The number of benzene rings is 1. The van der Waals surface area contributed by atoms with Crippen molar-refractivity contribution in [3.63, 3.8) is 0 Å². The van der Waals surface area contributed by atoms with Gasteiger partial charge >= 0.3 is 0 Å². The van der Waals surface area contributed by atoms with E-state index in [9.17, 15) is 0 Å². The molecule has 0 amide bonds. The van der Waals surface area contributed by atoms with Gasteiger partial charge in [-0.2, -0.15) is 0 Å². The minimum absolute atomic E-state index is 0.567. The average Bonchev–Trinajstić information content (AvgIpc) is 2.23. The van der Waals surface area contributed by atoms with Crippen LogP contribution >= 0.6 is 11.6 Å². The molecular weight excluding hydrogens is 210 g/mol. The molecule has 0 atom stereocenters. The van der Waals surface area contributed by atoms with Crippen molar-refractivity contribution in [1.82, 2.24) is 5.32 Å². The summed E-state index contributed by atoms with van der Waals surface area (Å²) in [6.07, 6.45) is 5.10. The summed E-state index contributed by atoms with van der Waals surface area (Å²) in [7, 11) is 0. The Labute approximate surface area is 95.6 Å². The first kappa shape index (κ1) is 11.9. The number of hydrogen-bond donors (Lipinski definition) is 1. The topological polar surface area (TPSA) is 21.3 Å². The summed E-state index contributed by atoms with van der Waals surface area (Å²) in [5.74, 6) is 3.32. The summed E-state index contributed by atoms with van der Waals surface area (Å²) in [4.78, 5) is 0. The molecule has 0 spiro atoms. The monoisotopic (exact) mass is 223 g/mol. The van der Waals surface area contributed by atoms with Crippen molar-refractivity contribution in [2.45, 2.75) is 6.92 Å². The highest BCUT2D eigenvalue weighted by Crippen LogP contribution is 2.22. The van der Waals surface area contributed by atoms with E-state index in [0.717, 1.165) is 17.9 Å². The van der Waals surface area contributed by atoms with Gasteiger partial charge in [0.1, 0.15) is 12.4 Å². The zero-order chi connectivity index (χ0) is 11.1. The molecule has 0 bridgehead atoms. The van der Waals surface area contributed by atoms with Crippen LogP contribution in [0.25, 0.3) is 0 Å². The Balaban J connectivity index is 2.37. The van der Waals surface area contributed by atoms with E-state index in [1.807, 2.05) is 25.1 Å². The van der Waals surface area contributed by atoms with Crippen LogP contribution in [0.15, 0.2) is 18.2 Å². The molecule has 2 nitrogen and oxygen atoms in total. The Morgan fingerprint density at radius 2 is 2.33 bits per heavy atom. The van der Waals surface area contributed by atoms with E-state index in [1.54, 1.807) is 0 Å². The summed E-state index contributed by atoms with van der Waals surface area (Å²) >= 11 is 5.86. The number of aryl methyl sites for hydroxylation is 1. The number of hydrogen-bond acceptors (Lipinski definition) is 2. The number of rotatable bonds is 5. The third-order valence-corrected chi connectivity index (χ3v) is 2.15. The lowest BCUT2D eigenvalue weighted by Crippen LogP contribution is -2.21. The number of ether oxygens (including phenoxy) is 1. The van der Waals surface area contributed by atoms with Crippen molar-refractivity contribution in [1.29, 1.82) is 0 Å². The molecule has 80 valence electrons. The summed E-state index contributed by atoms with van der Waals surface area (Å²) in [5.41, 5.74) is 1.08. The number of halogens is 1. The van der Waals surface area contributed by atoms with E-state index >= 15 is 0 Å². The van der Waals surface area contributed by atoms with Crippen molar-refractivity contribution >= 4 is 11.6 Å². The average molecular weight is 224 g/mol. The lowest BCUT2D eigenvalue weighted by atomic mass is 10.2. The molecule has 0 aromatic heterocycles. The molecule has 0 fully saturated rings. The Hall–Kier alpha value is -1.17. The highest BCUT2D eigenvalue weighted by atomic mass is 35.5. The second-order valence-electron chi connectivity index (χ2n) is 3.14. The van der Waals surface area contributed by atoms with E-state index in [0.29, 0.717) is 18.2 Å². The first-order valence-electron chi connectivity index (χ1n) is 4.77. The van der Waals surface area contributed by atoms with Crippen molar-refractivity contribution in [3.8, 4) is 18.1 Å². The summed E-state index contributed by atoms with van der Waals surface area (Å²) in [6, 6.07) is 5.60. The Bertz CT molecular complexity index is 357. The van der Waals surface area contributed by atoms with Crippen LogP contribution in [0, 0.1) is 19.3 Å². The van der Waals surface area contributed by atoms with Crippen LogP contribution in [0.3, 0.4) is 0 Å². The molecule has 0 saturated carbocycles. The minimum Gasteiger partial charge on any atom is -0.492 e. The van der Waals surface area contributed by atoms with E-state index in [2.05, 4.69) is 11.2 Å². The van der Waals surface area contributed by atoms with Gasteiger partial charge in [0.05, 0.1) is 6.54 Å². The van der Waals surface area contributed by atoms with E-state index < -0.39 is 0 Å². The van der Waals surface area contributed by atoms with Crippen LogP contribution in [0.5, 0.6) is 5.75 Å². The predicted octanol–water partition coefficient (Wildman–Crippen LogP) is 2.25. The standard InChI is InChI=1S/C12H14ClNO/c1-3-6-14-7-8-15-12-9-11(13)5-4-10(12)2/h1,4-5,9,14H,6-8H2,2H3. The zero-order valence-corrected chi connectivity index (χ0v) is 9.47. The molecule has 1 aromatic carbocycles. The summed E-state index contributed by atoms with van der Waals surface area (Å²) in [6.45, 7) is 3.87. The molecule has 1 N–H and O–H groups in total. The molecule has 15 heavy (non-hydrogen) atoms. The van der Waals surface area contributed by atoms with Gasteiger partial charge in [0.2, 0.25) is 0 Å². The highest BCUT2D eigenvalue weighted by molar-refractivity contribution is 6.30. The summed E-state index contributed by atoms with van der Waals surface area (Å²) < 4.78 is 5.55. The van der Waals surface area contributed by atoms with Crippen molar-refractivity contribution in [2.24, 2.45) is 0 Å². The first-order valence-corrected chi connectivity index (χ1v) is 5.15. The molecule has 0 saturated heterocycles. The fourth-order valence-electron chi connectivity index (χ4n) is 1.12. The zero-order valence-electron chi connectivity index (χ0n) is 8.72. The van der Waals surface area contributed by atoms with Gasteiger partial charge in [0.25, 0.3) is 0 Å². The normalized spacial score (nSPS) is 9.67. The van der Waals surface area contributed by atoms with Gasteiger partial charge in [0, 0.05) is 11.6 Å². The molecule has 0 aliphatic carbocycles. The SMILES string of the molecule is C#CCNCCOc1cc(Cl)ccc1C. The maximum absolute atomic E-state index is 5.86. The minimum atomic E-state index is 0.567. The predicted molar refractivity (Wildman–Crippen MR) is 63.4 cm³/mol. The Morgan fingerprint density at radius 3 is 3.07 bits per heavy atom. The van der Waals surface area contributed by atoms with Gasteiger partial charge in [-0.05, 0) is 24.6 Å². The van der Waals surface area contributed by atoms with E-state index in [4.69, 9.17) is 22.8 Å². The van der Waals surface area contributed by atoms with E-state index in [1.165, 1.54) is 0 Å². The fraction of sp³-hybridized carbons (Fsp3) is 0.333. The van der Waals surface area contributed by atoms with Gasteiger partial charge in [0.15, 0.2) is 0 Å². The summed E-state index contributed by atoms with van der Waals surface area (Å²) in [5, 5.41) is 3.73. The van der Waals surface area contributed by atoms with Crippen LogP contribution in [0.1, 0.15) is 5.56 Å². The van der Waals surface area contributed by atoms with Crippen molar-refractivity contribution < 1.29 is 4.74 Å². The molecule has 1 aromatic rings. The van der Waals surface area contributed by atoms with Crippen LogP contribution < -0.4 is 10.1 Å². The molecular formula is C12H14ClNO. The molecule has 3 heteroatoms. The van der Waals surface area contributed by atoms with Crippen molar-refractivity contribution in [3.05, 3.63) is 28.8 Å². The Morgan fingerprint density at radius 1 is 1.53 bits per heavy atom. The van der Waals surface area contributed by atoms with Crippen LogP contribution in [-0.4, -0.2) is 19.7 Å². The van der Waals surface area contributed by atoms with Gasteiger partial charge in [-0.3, -0.25) is 0 Å².